The van der Waals surface area contributed by atoms with Crippen LogP contribution in [0.4, 0.5) is 5.69 Å². The van der Waals surface area contributed by atoms with E-state index in [0.29, 0.717) is 0 Å². The molecule has 0 bridgehead atoms. The standard InChI is InChI=1S/C10H11N/c1-3-9-11(2)10-7-5-4-6-8-10/h4-8H,1-2H3. The van der Waals surface area contributed by atoms with Crippen molar-refractivity contribution in [3.05, 3.63) is 30.3 Å². The van der Waals surface area contributed by atoms with E-state index >= 15 is 0 Å². The molecule has 0 aliphatic rings. The molecular formula is C10H11N. The molecule has 1 nitrogen and oxygen atoms in total. The number of rotatable bonds is 1. The third kappa shape index (κ3) is 2.01. The lowest BCUT2D eigenvalue weighted by Gasteiger charge is -2.09. The molecular weight excluding hydrogens is 134 g/mol. The highest BCUT2D eigenvalue weighted by Crippen LogP contribution is 2.08. The fourth-order valence-corrected chi connectivity index (χ4v) is 0.884. The van der Waals surface area contributed by atoms with Crippen LogP contribution in [0.2, 0.25) is 0 Å². The van der Waals surface area contributed by atoms with Gasteiger partial charge in [0.2, 0.25) is 0 Å². The van der Waals surface area contributed by atoms with Crippen molar-refractivity contribution in [3.8, 4) is 12.0 Å². The summed E-state index contributed by atoms with van der Waals surface area (Å²) < 4.78 is 0. The molecule has 0 saturated heterocycles. The second kappa shape index (κ2) is 3.68. The summed E-state index contributed by atoms with van der Waals surface area (Å²) >= 11 is 0. The predicted molar refractivity (Wildman–Crippen MR) is 48.3 cm³/mol. The SMILES string of the molecule is CC#CN(C)c1ccccc1. The molecule has 1 aromatic rings. The van der Waals surface area contributed by atoms with E-state index in [1.807, 2.05) is 49.2 Å². The molecule has 0 saturated carbocycles. The molecule has 0 unspecified atom stereocenters. The van der Waals surface area contributed by atoms with Crippen molar-refractivity contribution in [2.75, 3.05) is 11.9 Å². The number of hydrogen-bond donors (Lipinski definition) is 0. The van der Waals surface area contributed by atoms with E-state index in [1.54, 1.807) is 0 Å². The van der Waals surface area contributed by atoms with Gasteiger partial charge in [-0.15, -0.1) is 0 Å². The highest BCUT2D eigenvalue weighted by Gasteiger charge is 1.91. The molecule has 0 heterocycles. The van der Waals surface area contributed by atoms with Crippen LogP contribution in [0.1, 0.15) is 6.92 Å². The number of benzene rings is 1. The van der Waals surface area contributed by atoms with E-state index in [2.05, 4.69) is 12.0 Å². The molecule has 0 spiro atoms. The Morgan fingerprint density at radius 3 is 2.36 bits per heavy atom. The average molecular weight is 145 g/mol. The third-order valence-corrected chi connectivity index (χ3v) is 1.42. The van der Waals surface area contributed by atoms with Crippen LogP contribution in [0.3, 0.4) is 0 Å². The summed E-state index contributed by atoms with van der Waals surface area (Å²) in [5.41, 5.74) is 1.13. The summed E-state index contributed by atoms with van der Waals surface area (Å²) in [6, 6.07) is 13.0. The van der Waals surface area contributed by atoms with Crippen LogP contribution >= 0.6 is 0 Å². The van der Waals surface area contributed by atoms with Crippen LogP contribution in [0.5, 0.6) is 0 Å². The first-order chi connectivity index (χ1) is 5.34. The van der Waals surface area contributed by atoms with Gasteiger partial charge in [-0.25, -0.2) is 0 Å². The van der Waals surface area contributed by atoms with Gasteiger partial charge in [0.05, 0.1) is 0 Å². The topological polar surface area (TPSA) is 3.24 Å². The number of para-hydroxylation sites is 1. The predicted octanol–water partition coefficient (Wildman–Crippen LogP) is 2.10. The highest BCUT2D eigenvalue weighted by molar-refractivity contribution is 5.50. The van der Waals surface area contributed by atoms with Crippen molar-refractivity contribution in [1.29, 1.82) is 0 Å². The number of anilines is 1. The third-order valence-electron chi connectivity index (χ3n) is 1.42. The van der Waals surface area contributed by atoms with E-state index in [-0.39, 0.29) is 0 Å². The van der Waals surface area contributed by atoms with Crippen molar-refractivity contribution in [3.63, 3.8) is 0 Å². The van der Waals surface area contributed by atoms with Crippen LogP contribution in [-0.4, -0.2) is 7.05 Å². The van der Waals surface area contributed by atoms with Crippen LogP contribution in [0.15, 0.2) is 30.3 Å². The zero-order valence-corrected chi connectivity index (χ0v) is 6.83. The van der Waals surface area contributed by atoms with Crippen LogP contribution < -0.4 is 4.90 Å². The smallest absolute Gasteiger partial charge is 0.0485 e. The summed E-state index contributed by atoms with van der Waals surface area (Å²) in [6.45, 7) is 1.83. The molecule has 0 fully saturated rings. The molecule has 11 heavy (non-hydrogen) atoms. The van der Waals surface area contributed by atoms with Gasteiger partial charge < -0.3 is 4.90 Å². The summed E-state index contributed by atoms with van der Waals surface area (Å²) in [5, 5.41) is 0. The Morgan fingerprint density at radius 2 is 1.82 bits per heavy atom. The molecule has 56 valence electrons. The Balaban J connectivity index is 2.82. The second-order valence-electron chi connectivity index (χ2n) is 2.26. The maximum Gasteiger partial charge on any atom is 0.0485 e. The van der Waals surface area contributed by atoms with Gasteiger partial charge in [0, 0.05) is 18.8 Å². The van der Waals surface area contributed by atoms with Gasteiger partial charge in [-0.05, 0) is 19.1 Å². The van der Waals surface area contributed by atoms with Crippen LogP contribution in [-0.2, 0) is 0 Å². The minimum Gasteiger partial charge on any atom is -0.305 e. The first-order valence-corrected chi connectivity index (χ1v) is 3.56. The van der Waals surface area contributed by atoms with Crippen molar-refractivity contribution >= 4 is 5.69 Å². The van der Waals surface area contributed by atoms with E-state index in [9.17, 15) is 0 Å². The maximum absolute atomic E-state index is 2.95. The maximum atomic E-state index is 2.95. The van der Waals surface area contributed by atoms with Crippen molar-refractivity contribution < 1.29 is 0 Å². The van der Waals surface area contributed by atoms with E-state index in [0.717, 1.165) is 5.69 Å². The van der Waals surface area contributed by atoms with Gasteiger partial charge in [0.1, 0.15) is 0 Å². The first kappa shape index (κ1) is 7.68. The molecule has 1 heteroatoms. The monoisotopic (exact) mass is 145 g/mol. The van der Waals surface area contributed by atoms with E-state index < -0.39 is 0 Å². The zero-order valence-electron chi connectivity index (χ0n) is 6.83. The second-order valence-corrected chi connectivity index (χ2v) is 2.26. The van der Waals surface area contributed by atoms with Crippen LogP contribution in [0.25, 0.3) is 0 Å². The molecule has 0 amide bonds. The lowest BCUT2D eigenvalue weighted by atomic mass is 10.3. The van der Waals surface area contributed by atoms with Crippen molar-refractivity contribution in [1.82, 2.24) is 0 Å². The van der Waals surface area contributed by atoms with Crippen molar-refractivity contribution in [2.45, 2.75) is 6.92 Å². The summed E-state index contributed by atoms with van der Waals surface area (Å²) in [7, 11) is 1.95. The Morgan fingerprint density at radius 1 is 1.18 bits per heavy atom. The average Bonchev–Trinajstić information content (AvgIpc) is 2.07. The van der Waals surface area contributed by atoms with Gasteiger partial charge in [-0.3, -0.25) is 0 Å². The molecule has 0 radical (unpaired) electrons. The zero-order chi connectivity index (χ0) is 8.10. The van der Waals surface area contributed by atoms with Gasteiger partial charge in [0.15, 0.2) is 0 Å². The van der Waals surface area contributed by atoms with Gasteiger partial charge >= 0.3 is 0 Å². The summed E-state index contributed by atoms with van der Waals surface area (Å²) in [6.07, 6.45) is 0. The van der Waals surface area contributed by atoms with Gasteiger partial charge in [0.25, 0.3) is 0 Å². The number of hydrogen-bond acceptors (Lipinski definition) is 1. The minimum absolute atomic E-state index is 1.13. The molecule has 0 aliphatic carbocycles. The normalized spacial score (nSPS) is 8.18. The quantitative estimate of drug-likeness (QED) is 0.432. The lowest BCUT2D eigenvalue weighted by Crippen LogP contribution is -2.07. The molecule has 0 N–H and O–H groups in total. The van der Waals surface area contributed by atoms with Crippen LogP contribution in [0, 0.1) is 12.0 Å². The summed E-state index contributed by atoms with van der Waals surface area (Å²) in [4.78, 5) is 1.90. The highest BCUT2D eigenvalue weighted by atomic mass is 15.1. The molecule has 1 rings (SSSR count). The molecule has 1 aromatic carbocycles. The fraction of sp³-hybridized carbons (Fsp3) is 0.200. The molecule has 0 atom stereocenters. The van der Waals surface area contributed by atoms with E-state index in [4.69, 9.17) is 0 Å². The van der Waals surface area contributed by atoms with Gasteiger partial charge in [-0.2, -0.15) is 0 Å². The Bertz CT molecular complexity index is 266. The Labute approximate surface area is 67.7 Å². The first-order valence-electron chi connectivity index (χ1n) is 3.56. The van der Waals surface area contributed by atoms with Gasteiger partial charge in [-0.1, -0.05) is 24.1 Å². The Kier molecular flexibility index (Phi) is 2.57. The number of nitrogens with zero attached hydrogens (tertiary/aromatic N) is 1. The molecule has 0 aliphatic heterocycles. The molecule has 0 aromatic heterocycles. The lowest BCUT2D eigenvalue weighted by molar-refractivity contribution is 1.25. The van der Waals surface area contributed by atoms with E-state index in [1.165, 1.54) is 0 Å². The Hall–Kier alpha value is -1.42. The largest absolute Gasteiger partial charge is 0.305 e. The minimum atomic E-state index is 1.13. The fourth-order valence-electron chi connectivity index (χ4n) is 0.884. The summed E-state index contributed by atoms with van der Waals surface area (Å²) in [5.74, 6) is 2.84. The van der Waals surface area contributed by atoms with Crippen molar-refractivity contribution in [2.24, 2.45) is 0 Å².